The van der Waals surface area contributed by atoms with Crippen LogP contribution in [0.4, 0.5) is 0 Å². The lowest BCUT2D eigenvalue weighted by atomic mass is 10.2. The van der Waals surface area contributed by atoms with Gasteiger partial charge in [0.05, 0.1) is 0 Å². The van der Waals surface area contributed by atoms with Crippen LogP contribution in [0.1, 0.15) is 12.5 Å². The monoisotopic (exact) mass is 365 g/mol. The average Bonchev–Trinajstić information content (AvgIpc) is 2.84. The first-order valence-corrected chi connectivity index (χ1v) is 8.94. The number of carbonyl (C=O) groups excluding carboxylic acids is 2. The number of nitrogens with zero attached hydrogens (tertiary/aromatic N) is 2. The number of ether oxygens (including phenoxy) is 1. The van der Waals surface area contributed by atoms with Gasteiger partial charge in [-0.25, -0.2) is 0 Å². The van der Waals surface area contributed by atoms with Crippen molar-refractivity contribution in [3.05, 3.63) is 42.5 Å². The molecular weight excluding hydrogens is 346 g/mol. The first kappa shape index (κ1) is 18.7. The predicted molar refractivity (Wildman–Crippen MR) is 91.6 cm³/mol. The topological polar surface area (TPSA) is 105 Å². The van der Waals surface area contributed by atoms with Crippen LogP contribution in [0.2, 0.25) is 0 Å². The zero-order valence-electron chi connectivity index (χ0n) is 13.9. The van der Waals surface area contributed by atoms with E-state index in [4.69, 9.17) is 4.74 Å². The minimum Gasteiger partial charge on any atom is -0.451 e. The number of likely N-dealkylation sites (N-methyl/N-ethyl adjacent to an activating group) is 1. The molecule has 134 valence electrons. The average molecular weight is 365 g/mol. The number of hydrogen-bond donors (Lipinski definition) is 1. The van der Waals surface area contributed by atoms with Crippen LogP contribution in [0.5, 0.6) is 0 Å². The second-order valence-electron chi connectivity index (χ2n) is 5.41. The van der Waals surface area contributed by atoms with E-state index >= 15 is 0 Å². The van der Waals surface area contributed by atoms with E-state index in [1.165, 1.54) is 31.0 Å². The van der Waals surface area contributed by atoms with Crippen molar-refractivity contribution >= 4 is 27.7 Å². The fourth-order valence-electron chi connectivity index (χ4n) is 2.24. The van der Waals surface area contributed by atoms with Crippen LogP contribution in [0.15, 0.2) is 46.2 Å². The minimum atomic E-state index is -3.76. The number of rotatable bonds is 6. The normalized spacial score (nSPS) is 15.5. The van der Waals surface area contributed by atoms with Gasteiger partial charge in [0.2, 0.25) is 0 Å². The molecule has 2 rings (SSSR count). The highest BCUT2D eigenvalue weighted by Gasteiger charge is 2.31. The maximum Gasteiger partial charge on any atom is 0.326 e. The first-order chi connectivity index (χ1) is 11.8. The van der Waals surface area contributed by atoms with Crippen molar-refractivity contribution in [2.24, 2.45) is 4.40 Å². The van der Waals surface area contributed by atoms with Gasteiger partial charge in [-0.15, -0.1) is 11.0 Å². The summed E-state index contributed by atoms with van der Waals surface area (Å²) in [4.78, 5) is 25.2. The van der Waals surface area contributed by atoms with Crippen molar-refractivity contribution in [2.75, 3.05) is 20.1 Å². The summed E-state index contributed by atoms with van der Waals surface area (Å²) in [5.74, 6) is -0.952. The Morgan fingerprint density at radius 2 is 2.08 bits per heavy atom. The smallest absolute Gasteiger partial charge is 0.326 e. The maximum atomic E-state index is 12.0. The second-order valence-corrected chi connectivity index (χ2v) is 6.98. The molecule has 0 radical (unpaired) electrons. The molecule has 0 aliphatic carbocycles. The molecule has 1 aromatic rings. The van der Waals surface area contributed by atoms with E-state index in [9.17, 15) is 18.0 Å². The Bertz CT molecular complexity index is 832. The number of esters is 1. The summed E-state index contributed by atoms with van der Waals surface area (Å²) in [6, 6.07) is 6.37. The molecular formula is C16H19N3O5S. The molecule has 1 aliphatic rings. The van der Waals surface area contributed by atoms with E-state index < -0.39 is 28.0 Å². The standard InChI is InChI=1S/C16H19N3O5S/c1-4-9-17-16(21)11(2)24-14(20)10-19(3)15-12-7-5-6-8-13(12)25(22,23)18-15/h4-8,11H,1,9-10H2,2-3H3,(H,17,21)/t11-/m0/s1. The van der Waals surface area contributed by atoms with E-state index in [-0.39, 0.29) is 23.8 Å². The molecule has 1 aliphatic heterocycles. The molecule has 1 atom stereocenters. The number of fused-ring (bicyclic) bond motifs is 1. The van der Waals surface area contributed by atoms with Gasteiger partial charge in [0.1, 0.15) is 11.4 Å². The second kappa shape index (κ2) is 7.47. The van der Waals surface area contributed by atoms with Gasteiger partial charge in [0.25, 0.3) is 15.9 Å². The molecule has 0 aromatic heterocycles. The Hall–Kier alpha value is -2.68. The van der Waals surface area contributed by atoms with Crippen molar-refractivity contribution in [3.63, 3.8) is 0 Å². The zero-order valence-corrected chi connectivity index (χ0v) is 14.7. The van der Waals surface area contributed by atoms with E-state index in [1.807, 2.05) is 0 Å². The highest BCUT2D eigenvalue weighted by molar-refractivity contribution is 7.90. The Morgan fingerprint density at radius 3 is 2.76 bits per heavy atom. The Labute approximate surface area is 146 Å². The van der Waals surface area contributed by atoms with Crippen LogP contribution in [-0.2, 0) is 24.3 Å². The van der Waals surface area contributed by atoms with E-state index in [0.29, 0.717) is 5.56 Å². The van der Waals surface area contributed by atoms with E-state index in [1.54, 1.807) is 18.2 Å². The Kier molecular flexibility index (Phi) is 5.58. The van der Waals surface area contributed by atoms with Crippen LogP contribution >= 0.6 is 0 Å². The van der Waals surface area contributed by atoms with Crippen molar-refractivity contribution in [3.8, 4) is 0 Å². The number of benzene rings is 1. The van der Waals surface area contributed by atoms with Crippen LogP contribution in [0.3, 0.4) is 0 Å². The quantitative estimate of drug-likeness (QED) is 0.574. The van der Waals surface area contributed by atoms with Gasteiger partial charge in [-0.05, 0) is 19.1 Å². The van der Waals surface area contributed by atoms with Crippen LogP contribution in [0, 0.1) is 0 Å². The molecule has 0 bridgehead atoms. The van der Waals surface area contributed by atoms with E-state index in [0.717, 1.165) is 0 Å². The lowest BCUT2D eigenvalue weighted by molar-refractivity contribution is -0.154. The minimum absolute atomic E-state index is 0.0994. The Balaban J connectivity index is 2.03. The zero-order chi connectivity index (χ0) is 18.6. The summed E-state index contributed by atoms with van der Waals surface area (Å²) < 4.78 is 32.8. The van der Waals surface area contributed by atoms with Crippen LogP contribution < -0.4 is 5.32 Å². The van der Waals surface area contributed by atoms with Gasteiger partial charge in [0, 0.05) is 19.2 Å². The lowest BCUT2D eigenvalue weighted by Crippen LogP contribution is -2.39. The highest BCUT2D eigenvalue weighted by atomic mass is 32.2. The Morgan fingerprint density at radius 1 is 1.40 bits per heavy atom. The molecule has 0 saturated carbocycles. The number of amides is 1. The lowest BCUT2D eigenvalue weighted by Gasteiger charge is -2.19. The predicted octanol–water partition coefficient (Wildman–Crippen LogP) is 0.301. The van der Waals surface area contributed by atoms with Gasteiger partial charge < -0.3 is 15.0 Å². The summed E-state index contributed by atoms with van der Waals surface area (Å²) in [6.45, 7) is 4.94. The molecule has 9 heteroatoms. The van der Waals surface area contributed by atoms with Crippen molar-refractivity contribution in [1.29, 1.82) is 0 Å². The summed E-state index contributed by atoms with van der Waals surface area (Å²) in [7, 11) is -2.23. The SMILES string of the molecule is C=CCNC(=O)[C@H](C)OC(=O)CN(C)C1=NS(=O)(=O)c2ccccc21. The number of amidine groups is 1. The number of hydrogen-bond acceptors (Lipinski definition) is 6. The number of carbonyl (C=O) groups is 2. The van der Waals surface area contributed by atoms with Gasteiger partial charge in [0.15, 0.2) is 11.9 Å². The number of nitrogens with one attached hydrogen (secondary N) is 1. The molecule has 0 saturated heterocycles. The van der Waals surface area contributed by atoms with Crippen molar-refractivity contribution < 1.29 is 22.7 Å². The molecule has 1 aromatic carbocycles. The molecule has 1 amide bonds. The van der Waals surface area contributed by atoms with Gasteiger partial charge >= 0.3 is 5.97 Å². The summed E-state index contributed by atoms with van der Waals surface area (Å²) in [6.07, 6.45) is 0.540. The van der Waals surface area contributed by atoms with Gasteiger partial charge in [-0.1, -0.05) is 18.2 Å². The third-order valence-electron chi connectivity index (χ3n) is 3.44. The van der Waals surface area contributed by atoms with Crippen LogP contribution in [-0.4, -0.2) is 57.3 Å². The molecule has 0 unspecified atom stereocenters. The largest absolute Gasteiger partial charge is 0.451 e. The first-order valence-electron chi connectivity index (χ1n) is 7.50. The third kappa shape index (κ3) is 4.24. The summed E-state index contributed by atoms with van der Waals surface area (Å²) in [5.41, 5.74) is 0.426. The van der Waals surface area contributed by atoms with Gasteiger partial charge in [-0.2, -0.15) is 8.42 Å². The maximum absolute atomic E-state index is 12.0. The fourth-order valence-corrected chi connectivity index (χ4v) is 3.49. The van der Waals surface area contributed by atoms with Crippen molar-refractivity contribution in [1.82, 2.24) is 10.2 Å². The fraction of sp³-hybridized carbons (Fsp3) is 0.312. The highest BCUT2D eigenvalue weighted by Crippen LogP contribution is 2.26. The summed E-state index contributed by atoms with van der Waals surface area (Å²) >= 11 is 0. The molecule has 1 heterocycles. The number of sulfonamides is 1. The van der Waals surface area contributed by atoms with Crippen molar-refractivity contribution in [2.45, 2.75) is 17.9 Å². The molecule has 25 heavy (non-hydrogen) atoms. The summed E-state index contributed by atoms with van der Waals surface area (Å²) in [5, 5.41) is 2.52. The van der Waals surface area contributed by atoms with E-state index in [2.05, 4.69) is 16.3 Å². The van der Waals surface area contributed by atoms with Gasteiger partial charge in [-0.3, -0.25) is 9.59 Å². The molecule has 0 fully saturated rings. The van der Waals surface area contributed by atoms with Crippen LogP contribution in [0.25, 0.3) is 0 Å². The molecule has 0 spiro atoms. The molecule has 8 nitrogen and oxygen atoms in total. The third-order valence-corrected chi connectivity index (χ3v) is 4.76. The molecule has 1 N–H and O–H groups in total.